The van der Waals surface area contributed by atoms with Crippen LogP contribution >= 0.6 is 23.2 Å². The third-order valence-electron chi connectivity index (χ3n) is 5.11. The van der Waals surface area contributed by atoms with Gasteiger partial charge in [-0.15, -0.1) is 0 Å². The van der Waals surface area contributed by atoms with Gasteiger partial charge in [-0.3, -0.25) is 9.69 Å². The average molecular weight is 405 g/mol. The van der Waals surface area contributed by atoms with Gasteiger partial charge in [-0.05, 0) is 74.2 Å². The van der Waals surface area contributed by atoms with Crippen molar-refractivity contribution in [1.29, 1.82) is 0 Å². The number of nitrogens with one attached hydrogen (secondary N) is 1. The van der Waals surface area contributed by atoms with Crippen LogP contribution in [-0.4, -0.2) is 30.4 Å². The largest absolute Gasteiger partial charge is 0.356 e. The van der Waals surface area contributed by atoms with Gasteiger partial charge >= 0.3 is 0 Å². The molecule has 1 aliphatic heterocycles. The van der Waals surface area contributed by atoms with E-state index in [1.165, 1.54) is 11.1 Å². The number of nitrogens with zero attached hydrogens (tertiary/aromatic N) is 1. The molecule has 0 aliphatic carbocycles. The second-order valence-electron chi connectivity index (χ2n) is 7.20. The first-order chi connectivity index (χ1) is 13.1. The van der Waals surface area contributed by atoms with Crippen LogP contribution in [0, 0.1) is 5.92 Å². The fourth-order valence-electron chi connectivity index (χ4n) is 3.55. The van der Waals surface area contributed by atoms with Crippen LogP contribution in [0.1, 0.15) is 30.4 Å². The summed E-state index contributed by atoms with van der Waals surface area (Å²) >= 11 is 12.0. The van der Waals surface area contributed by atoms with Crippen molar-refractivity contribution in [3.8, 4) is 0 Å². The SMILES string of the molecule is O=C(NCCCc1ccc(Cl)cc1)C1CCN(Cc2cccc(Cl)c2)CC1. The fourth-order valence-corrected chi connectivity index (χ4v) is 3.89. The molecule has 27 heavy (non-hydrogen) atoms. The zero-order valence-electron chi connectivity index (χ0n) is 15.5. The summed E-state index contributed by atoms with van der Waals surface area (Å²) in [7, 11) is 0. The summed E-state index contributed by atoms with van der Waals surface area (Å²) in [5, 5.41) is 4.64. The third-order valence-corrected chi connectivity index (χ3v) is 5.60. The van der Waals surface area contributed by atoms with E-state index in [1.54, 1.807) is 0 Å². The Balaban J connectivity index is 1.34. The van der Waals surface area contributed by atoms with Crippen LogP contribution in [0.3, 0.4) is 0 Å². The molecule has 1 saturated heterocycles. The Morgan fingerprint density at radius 2 is 1.74 bits per heavy atom. The van der Waals surface area contributed by atoms with Crippen molar-refractivity contribution in [1.82, 2.24) is 10.2 Å². The maximum absolute atomic E-state index is 12.4. The molecule has 1 fully saturated rings. The van der Waals surface area contributed by atoms with Gasteiger partial charge in [-0.25, -0.2) is 0 Å². The molecule has 0 bridgehead atoms. The van der Waals surface area contributed by atoms with Gasteiger partial charge in [0.25, 0.3) is 0 Å². The van der Waals surface area contributed by atoms with Gasteiger partial charge in [0.1, 0.15) is 0 Å². The molecule has 0 radical (unpaired) electrons. The van der Waals surface area contributed by atoms with E-state index >= 15 is 0 Å². The number of halogens is 2. The monoisotopic (exact) mass is 404 g/mol. The summed E-state index contributed by atoms with van der Waals surface area (Å²) in [6.07, 6.45) is 3.74. The number of carbonyl (C=O) groups is 1. The molecule has 0 atom stereocenters. The molecule has 1 amide bonds. The number of amides is 1. The molecule has 0 aromatic heterocycles. The lowest BCUT2D eigenvalue weighted by Crippen LogP contribution is -2.40. The normalized spacial score (nSPS) is 15.6. The molecule has 2 aromatic carbocycles. The Hall–Kier alpha value is -1.55. The molecular formula is C22H26Cl2N2O. The van der Waals surface area contributed by atoms with E-state index in [2.05, 4.69) is 16.3 Å². The van der Waals surface area contributed by atoms with Gasteiger partial charge < -0.3 is 5.32 Å². The number of carbonyl (C=O) groups excluding carboxylic acids is 1. The molecule has 0 spiro atoms. The minimum Gasteiger partial charge on any atom is -0.356 e. The molecule has 3 rings (SSSR count). The first-order valence-electron chi connectivity index (χ1n) is 9.59. The molecule has 3 nitrogen and oxygen atoms in total. The van der Waals surface area contributed by atoms with E-state index in [-0.39, 0.29) is 11.8 Å². The van der Waals surface area contributed by atoms with Crippen LogP contribution in [0.25, 0.3) is 0 Å². The number of hydrogen-bond donors (Lipinski definition) is 1. The molecule has 1 heterocycles. The zero-order valence-corrected chi connectivity index (χ0v) is 17.0. The lowest BCUT2D eigenvalue weighted by Gasteiger charge is -2.31. The topological polar surface area (TPSA) is 32.3 Å². The second-order valence-corrected chi connectivity index (χ2v) is 8.07. The minimum atomic E-state index is 0.135. The molecule has 144 valence electrons. The minimum absolute atomic E-state index is 0.135. The van der Waals surface area contributed by atoms with Gasteiger partial charge in [0.05, 0.1) is 0 Å². The zero-order chi connectivity index (χ0) is 19.1. The third kappa shape index (κ3) is 6.53. The number of benzene rings is 2. The van der Waals surface area contributed by atoms with Crippen LogP contribution in [0.2, 0.25) is 10.0 Å². The van der Waals surface area contributed by atoms with Gasteiger partial charge in [0, 0.05) is 29.1 Å². The smallest absolute Gasteiger partial charge is 0.223 e. The molecular weight excluding hydrogens is 379 g/mol. The predicted octanol–water partition coefficient (Wildman–Crippen LogP) is 4.95. The van der Waals surface area contributed by atoms with Gasteiger partial charge in [0.2, 0.25) is 5.91 Å². The number of piperidine rings is 1. The Bertz CT molecular complexity index is 740. The predicted molar refractivity (Wildman–Crippen MR) is 112 cm³/mol. The molecule has 0 unspecified atom stereocenters. The highest BCUT2D eigenvalue weighted by Gasteiger charge is 2.24. The highest BCUT2D eigenvalue weighted by molar-refractivity contribution is 6.30. The van der Waals surface area contributed by atoms with E-state index in [4.69, 9.17) is 23.2 Å². The first kappa shape index (κ1) is 20.2. The van der Waals surface area contributed by atoms with E-state index in [0.717, 1.165) is 61.9 Å². The molecule has 2 aromatic rings. The van der Waals surface area contributed by atoms with Crippen molar-refractivity contribution in [2.75, 3.05) is 19.6 Å². The lowest BCUT2D eigenvalue weighted by atomic mass is 9.95. The van der Waals surface area contributed by atoms with Crippen molar-refractivity contribution < 1.29 is 4.79 Å². The highest BCUT2D eigenvalue weighted by Crippen LogP contribution is 2.20. The van der Waals surface area contributed by atoms with Gasteiger partial charge in [-0.2, -0.15) is 0 Å². The van der Waals surface area contributed by atoms with Crippen molar-refractivity contribution in [2.24, 2.45) is 5.92 Å². The van der Waals surface area contributed by atoms with Crippen molar-refractivity contribution in [3.63, 3.8) is 0 Å². The number of aryl methyl sites for hydroxylation is 1. The van der Waals surface area contributed by atoms with Crippen molar-refractivity contribution in [2.45, 2.75) is 32.2 Å². The number of hydrogen-bond acceptors (Lipinski definition) is 2. The number of rotatable bonds is 7. The Kier molecular flexibility index (Phi) is 7.57. The van der Waals surface area contributed by atoms with Gasteiger partial charge in [-0.1, -0.05) is 47.5 Å². The maximum Gasteiger partial charge on any atom is 0.223 e. The lowest BCUT2D eigenvalue weighted by molar-refractivity contribution is -0.126. The van der Waals surface area contributed by atoms with Crippen molar-refractivity contribution >= 4 is 29.1 Å². The summed E-state index contributed by atoms with van der Waals surface area (Å²) in [5.41, 5.74) is 2.48. The average Bonchev–Trinajstić information content (AvgIpc) is 2.67. The Labute approximate surface area is 171 Å². The summed E-state index contributed by atoms with van der Waals surface area (Å²) in [5.74, 6) is 0.338. The van der Waals surface area contributed by atoms with Crippen LogP contribution in [0.15, 0.2) is 48.5 Å². The summed E-state index contributed by atoms with van der Waals surface area (Å²) in [4.78, 5) is 14.8. The van der Waals surface area contributed by atoms with E-state index in [0.29, 0.717) is 0 Å². The highest BCUT2D eigenvalue weighted by atomic mass is 35.5. The number of likely N-dealkylation sites (tertiary alicyclic amines) is 1. The summed E-state index contributed by atoms with van der Waals surface area (Å²) < 4.78 is 0. The Morgan fingerprint density at radius 3 is 2.44 bits per heavy atom. The van der Waals surface area contributed by atoms with E-state index in [1.807, 2.05) is 42.5 Å². The van der Waals surface area contributed by atoms with Crippen LogP contribution in [0.5, 0.6) is 0 Å². The summed E-state index contributed by atoms with van der Waals surface area (Å²) in [6.45, 7) is 3.53. The van der Waals surface area contributed by atoms with Crippen LogP contribution < -0.4 is 5.32 Å². The van der Waals surface area contributed by atoms with E-state index in [9.17, 15) is 4.79 Å². The standard InChI is InChI=1S/C22H26Cl2N2O/c23-20-8-6-17(7-9-20)4-2-12-25-22(27)19-10-13-26(14-11-19)16-18-3-1-5-21(24)15-18/h1,3,5-9,15,19H,2,4,10-14,16H2,(H,25,27). The Morgan fingerprint density at radius 1 is 1.00 bits per heavy atom. The maximum atomic E-state index is 12.4. The molecule has 5 heteroatoms. The quantitative estimate of drug-likeness (QED) is 0.661. The van der Waals surface area contributed by atoms with Crippen LogP contribution in [0.4, 0.5) is 0 Å². The van der Waals surface area contributed by atoms with Crippen molar-refractivity contribution in [3.05, 3.63) is 69.7 Å². The molecule has 1 N–H and O–H groups in total. The second kappa shape index (κ2) is 10.1. The van der Waals surface area contributed by atoms with Crippen LogP contribution in [-0.2, 0) is 17.8 Å². The molecule has 1 aliphatic rings. The van der Waals surface area contributed by atoms with E-state index < -0.39 is 0 Å². The summed E-state index contributed by atoms with van der Waals surface area (Å²) in [6, 6.07) is 15.9. The molecule has 0 saturated carbocycles. The van der Waals surface area contributed by atoms with Gasteiger partial charge in [0.15, 0.2) is 0 Å². The first-order valence-corrected chi connectivity index (χ1v) is 10.3. The fraction of sp³-hybridized carbons (Fsp3) is 0.409.